The van der Waals surface area contributed by atoms with Crippen molar-refractivity contribution in [2.24, 2.45) is 11.7 Å². The van der Waals surface area contributed by atoms with Crippen LogP contribution in [0, 0.1) is 12.8 Å². The summed E-state index contributed by atoms with van der Waals surface area (Å²) in [7, 11) is 0. The van der Waals surface area contributed by atoms with Gasteiger partial charge in [-0.15, -0.1) is 0 Å². The summed E-state index contributed by atoms with van der Waals surface area (Å²) in [6.07, 6.45) is 2.00. The van der Waals surface area contributed by atoms with Gasteiger partial charge in [-0.2, -0.15) is 0 Å². The minimum Gasteiger partial charge on any atom is -0.368 e. The number of hydrogen-bond donors (Lipinski definition) is 3. The smallest absolute Gasteiger partial charge is 0.251 e. The van der Waals surface area contributed by atoms with E-state index in [0.717, 1.165) is 12.8 Å². The van der Waals surface area contributed by atoms with Gasteiger partial charge in [0.1, 0.15) is 5.54 Å². The molecule has 0 bridgehead atoms. The van der Waals surface area contributed by atoms with E-state index in [1.807, 2.05) is 13.8 Å². The number of aromatic amines is 1. The largest absolute Gasteiger partial charge is 0.368 e. The first-order valence-electron chi connectivity index (χ1n) is 7.12. The van der Waals surface area contributed by atoms with E-state index in [0.29, 0.717) is 16.6 Å². The Morgan fingerprint density at radius 1 is 1.62 bits per heavy atom. The van der Waals surface area contributed by atoms with Gasteiger partial charge in [0, 0.05) is 23.6 Å². The Balaban J connectivity index is 2.18. The number of rotatable bonds is 7. The summed E-state index contributed by atoms with van der Waals surface area (Å²) >= 11 is 1.36. The Morgan fingerprint density at radius 3 is 2.76 bits per heavy atom. The molecule has 1 heterocycles. The molecule has 0 saturated heterocycles. The van der Waals surface area contributed by atoms with Crippen LogP contribution in [0.2, 0.25) is 0 Å². The third-order valence-corrected chi connectivity index (χ3v) is 4.61. The standard InChI is InChI=1S/C14H22N4O2S/c1-8(2)18-14(12(15)20,10-4-5-10)7-21-13-16-9(3)6-11(19)17-13/h6,8,10,18H,4-5,7H2,1-3H3,(H2,15,20)(H,16,17,19). The maximum Gasteiger partial charge on any atom is 0.251 e. The molecule has 6 nitrogen and oxygen atoms in total. The molecular formula is C14H22N4O2S. The normalized spacial score (nSPS) is 17.7. The Kier molecular flexibility index (Phi) is 4.73. The number of nitrogens with two attached hydrogens (primary N) is 1. The summed E-state index contributed by atoms with van der Waals surface area (Å²) in [6, 6.07) is 1.60. The number of hydrogen-bond acceptors (Lipinski definition) is 5. The van der Waals surface area contributed by atoms with Crippen LogP contribution in [-0.2, 0) is 4.79 Å². The van der Waals surface area contributed by atoms with Crippen molar-refractivity contribution in [1.29, 1.82) is 0 Å². The number of H-pyrrole nitrogens is 1. The topological polar surface area (TPSA) is 101 Å². The summed E-state index contributed by atoms with van der Waals surface area (Å²) in [4.78, 5) is 30.5. The van der Waals surface area contributed by atoms with Gasteiger partial charge >= 0.3 is 0 Å². The third-order valence-electron chi connectivity index (χ3n) is 3.54. The second-order valence-corrected chi connectivity index (χ2v) is 6.85. The Bertz CT molecular complexity index is 583. The zero-order valence-corrected chi connectivity index (χ0v) is 13.4. The van der Waals surface area contributed by atoms with Gasteiger partial charge < -0.3 is 16.0 Å². The van der Waals surface area contributed by atoms with Crippen molar-refractivity contribution in [3.63, 3.8) is 0 Å². The number of primary amides is 1. The SMILES string of the molecule is Cc1cc(=O)[nH]c(SCC(NC(C)C)(C(N)=O)C2CC2)n1. The van der Waals surface area contributed by atoms with Gasteiger partial charge in [0.15, 0.2) is 5.16 Å². The molecule has 4 N–H and O–H groups in total. The summed E-state index contributed by atoms with van der Waals surface area (Å²) in [5.74, 6) is 0.403. The molecule has 0 aliphatic heterocycles. The molecule has 21 heavy (non-hydrogen) atoms. The molecule has 0 aromatic carbocycles. The van der Waals surface area contributed by atoms with Gasteiger partial charge in [-0.05, 0) is 39.5 Å². The highest BCUT2D eigenvalue weighted by Crippen LogP contribution is 2.42. The van der Waals surface area contributed by atoms with Crippen LogP contribution in [0.5, 0.6) is 0 Å². The molecule has 1 amide bonds. The van der Waals surface area contributed by atoms with Gasteiger partial charge in [-0.25, -0.2) is 4.98 Å². The van der Waals surface area contributed by atoms with Crippen LogP contribution in [0.4, 0.5) is 0 Å². The summed E-state index contributed by atoms with van der Waals surface area (Å²) in [5, 5.41) is 3.86. The molecule has 1 fully saturated rings. The highest BCUT2D eigenvalue weighted by atomic mass is 32.2. The number of aromatic nitrogens is 2. The van der Waals surface area contributed by atoms with Crippen LogP contribution in [-0.4, -0.2) is 33.2 Å². The van der Waals surface area contributed by atoms with E-state index in [4.69, 9.17) is 5.73 Å². The molecule has 1 atom stereocenters. The molecule has 116 valence electrons. The quantitative estimate of drug-likeness (QED) is 0.511. The lowest BCUT2D eigenvalue weighted by molar-refractivity contribution is -0.124. The summed E-state index contributed by atoms with van der Waals surface area (Å²) in [6.45, 7) is 5.77. The number of nitrogens with one attached hydrogen (secondary N) is 2. The van der Waals surface area contributed by atoms with Crippen molar-refractivity contribution in [1.82, 2.24) is 15.3 Å². The molecule has 1 aliphatic rings. The molecule has 1 aromatic heterocycles. The van der Waals surface area contributed by atoms with E-state index in [-0.39, 0.29) is 23.4 Å². The lowest BCUT2D eigenvalue weighted by Crippen LogP contribution is -2.61. The average molecular weight is 310 g/mol. The van der Waals surface area contributed by atoms with Gasteiger partial charge in [-0.3, -0.25) is 9.59 Å². The van der Waals surface area contributed by atoms with Crippen molar-refractivity contribution in [3.8, 4) is 0 Å². The van der Waals surface area contributed by atoms with E-state index in [9.17, 15) is 9.59 Å². The number of nitrogens with zero attached hydrogens (tertiary/aromatic N) is 1. The van der Waals surface area contributed by atoms with E-state index in [2.05, 4.69) is 15.3 Å². The Labute approximate surface area is 128 Å². The van der Waals surface area contributed by atoms with Crippen molar-refractivity contribution < 1.29 is 4.79 Å². The third kappa shape index (κ3) is 3.85. The van der Waals surface area contributed by atoms with Crippen LogP contribution >= 0.6 is 11.8 Å². The first-order chi connectivity index (χ1) is 9.83. The molecule has 1 aliphatic carbocycles. The number of carbonyl (C=O) groups is 1. The first kappa shape index (κ1) is 16.0. The molecule has 1 aromatic rings. The van der Waals surface area contributed by atoms with E-state index >= 15 is 0 Å². The maximum atomic E-state index is 12.0. The Morgan fingerprint density at radius 2 is 2.29 bits per heavy atom. The average Bonchev–Trinajstić information content (AvgIpc) is 3.16. The van der Waals surface area contributed by atoms with Crippen LogP contribution in [0.15, 0.2) is 16.0 Å². The summed E-state index contributed by atoms with van der Waals surface area (Å²) < 4.78 is 0. The minimum atomic E-state index is -0.735. The van der Waals surface area contributed by atoms with Crippen molar-refractivity contribution >= 4 is 17.7 Å². The minimum absolute atomic E-state index is 0.156. The second kappa shape index (κ2) is 6.19. The van der Waals surface area contributed by atoms with Gasteiger partial charge in [0.2, 0.25) is 5.91 Å². The van der Waals surface area contributed by atoms with Crippen LogP contribution < -0.4 is 16.6 Å². The maximum absolute atomic E-state index is 12.0. The number of carbonyl (C=O) groups excluding carboxylic acids is 1. The lowest BCUT2D eigenvalue weighted by Gasteiger charge is -2.33. The number of aryl methyl sites for hydroxylation is 1. The fourth-order valence-corrected chi connectivity index (χ4v) is 3.72. The van der Waals surface area contributed by atoms with Gasteiger partial charge in [0.25, 0.3) is 5.56 Å². The molecule has 2 rings (SSSR count). The van der Waals surface area contributed by atoms with Gasteiger partial charge in [0.05, 0.1) is 0 Å². The Hall–Kier alpha value is -1.34. The fourth-order valence-electron chi connectivity index (χ4n) is 2.51. The number of amides is 1. The molecule has 1 saturated carbocycles. The molecule has 1 unspecified atom stereocenters. The van der Waals surface area contributed by atoms with E-state index in [1.165, 1.54) is 17.8 Å². The van der Waals surface area contributed by atoms with Crippen LogP contribution in [0.3, 0.4) is 0 Å². The van der Waals surface area contributed by atoms with Gasteiger partial charge in [-0.1, -0.05) is 11.8 Å². The lowest BCUT2D eigenvalue weighted by atomic mass is 9.93. The second-order valence-electron chi connectivity index (χ2n) is 5.89. The monoisotopic (exact) mass is 310 g/mol. The highest BCUT2D eigenvalue weighted by molar-refractivity contribution is 7.99. The number of thioether (sulfide) groups is 1. The predicted octanol–water partition coefficient (Wildman–Crippen LogP) is 0.803. The van der Waals surface area contributed by atoms with E-state index in [1.54, 1.807) is 6.92 Å². The zero-order valence-electron chi connectivity index (χ0n) is 12.6. The molecule has 0 radical (unpaired) electrons. The van der Waals surface area contributed by atoms with Crippen LogP contribution in [0.1, 0.15) is 32.4 Å². The fraction of sp³-hybridized carbons (Fsp3) is 0.643. The molecule has 7 heteroatoms. The predicted molar refractivity (Wildman–Crippen MR) is 83.2 cm³/mol. The molecule has 0 spiro atoms. The first-order valence-corrected chi connectivity index (χ1v) is 8.10. The van der Waals surface area contributed by atoms with Crippen LogP contribution in [0.25, 0.3) is 0 Å². The van der Waals surface area contributed by atoms with Crippen molar-refractivity contribution in [3.05, 3.63) is 22.1 Å². The highest BCUT2D eigenvalue weighted by Gasteiger charge is 2.50. The zero-order chi connectivity index (χ0) is 15.6. The van der Waals surface area contributed by atoms with E-state index < -0.39 is 5.54 Å². The van der Waals surface area contributed by atoms with Crippen molar-refractivity contribution in [2.75, 3.05) is 5.75 Å². The summed E-state index contributed by atoms with van der Waals surface area (Å²) in [5.41, 5.74) is 5.42. The van der Waals surface area contributed by atoms with Crippen molar-refractivity contribution in [2.45, 2.75) is 50.4 Å². The molecular weight excluding hydrogens is 288 g/mol.